The third kappa shape index (κ3) is 3.94. The van der Waals surface area contributed by atoms with E-state index in [2.05, 4.69) is 10.3 Å². The zero-order valence-electron chi connectivity index (χ0n) is 14.0. The maximum Gasteiger partial charge on any atom is 0.233 e. The van der Waals surface area contributed by atoms with Gasteiger partial charge in [-0.1, -0.05) is 41.5 Å². The third-order valence-electron chi connectivity index (χ3n) is 4.13. The quantitative estimate of drug-likeness (QED) is 0.725. The van der Waals surface area contributed by atoms with Crippen LogP contribution in [0.3, 0.4) is 0 Å². The van der Waals surface area contributed by atoms with Crippen LogP contribution in [-0.4, -0.2) is 15.8 Å². The SMILES string of the molecule is CC1=CC(C)(Cl)C(C(=O)Nc2ccc(Cl)c(-c3ccccn3)c2)C=C1. The maximum atomic E-state index is 12.7. The second-order valence-electron chi connectivity index (χ2n) is 6.28. The first kappa shape index (κ1) is 17.7. The van der Waals surface area contributed by atoms with Gasteiger partial charge in [-0.2, -0.15) is 0 Å². The van der Waals surface area contributed by atoms with Gasteiger partial charge in [0, 0.05) is 17.4 Å². The van der Waals surface area contributed by atoms with Crippen molar-refractivity contribution < 1.29 is 4.79 Å². The highest BCUT2D eigenvalue weighted by Crippen LogP contribution is 2.35. The van der Waals surface area contributed by atoms with Gasteiger partial charge in [0.05, 0.1) is 21.5 Å². The molecule has 3 nitrogen and oxygen atoms in total. The van der Waals surface area contributed by atoms with Gasteiger partial charge in [0.1, 0.15) is 0 Å². The second-order valence-corrected chi connectivity index (χ2v) is 7.50. The lowest BCUT2D eigenvalue weighted by molar-refractivity contribution is -0.119. The highest BCUT2D eigenvalue weighted by atomic mass is 35.5. The number of hydrogen-bond acceptors (Lipinski definition) is 2. The van der Waals surface area contributed by atoms with Crippen molar-refractivity contribution in [3.05, 3.63) is 71.4 Å². The monoisotopic (exact) mass is 372 g/mol. The molecule has 0 fully saturated rings. The van der Waals surface area contributed by atoms with Crippen molar-refractivity contribution in [2.24, 2.45) is 5.92 Å². The normalized spacial score (nSPS) is 22.4. The average Bonchev–Trinajstić information content (AvgIpc) is 2.56. The molecule has 3 rings (SSSR count). The molecule has 0 aliphatic heterocycles. The molecule has 2 atom stereocenters. The number of halogens is 2. The summed E-state index contributed by atoms with van der Waals surface area (Å²) in [6.45, 7) is 3.80. The van der Waals surface area contributed by atoms with E-state index in [1.165, 1.54) is 0 Å². The lowest BCUT2D eigenvalue weighted by Gasteiger charge is -2.29. The molecule has 1 aliphatic carbocycles. The van der Waals surface area contributed by atoms with E-state index in [-0.39, 0.29) is 5.91 Å². The van der Waals surface area contributed by atoms with Gasteiger partial charge in [-0.05, 0) is 44.2 Å². The minimum atomic E-state index is -0.751. The molecule has 0 saturated carbocycles. The second kappa shape index (κ2) is 7.03. The number of amides is 1. The van der Waals surface area contributed by atoms with Crippen molar-refractivity contribution in [1.82, 2.24) is 4.98 Å². The molecule has 1 amide bonds. The van der Waals surface area contributed by atoms with Crippen molar-refractivity contribution in [2.75, 3.05) is 5.32 Å². The molecule has 128 valence electrons. The average molecular weight is 373 g/mol. The number of carbonyl (C=O) groups is 1. The van der Waals surface area contributed by atoms with Crippen LogP contribution in [0.1, 0.15) is 13.8 Å². The Morgan fingerprint density at radius 1 is 1.28 bits per heavy atom. The summed E-state index contributed by atoms with van der Waals surface area (Å²) >= 11 is 12.8. The first-order valence-electron chi connectivity index (χ1n) is 7.95. The first-order chi connectivity index (χ1) is 11.9. The van der Waals surface area contributed by atoms with E-state index in [1.807, 2.05) is 56.3 Å². The number of alkyl halides is 1. The van der Waals surface area contributed by atoms with Crippen LogP contribution in [0.5, 0.6) is 0 Å². The molecule has 1 aliphatic rings. The molecule has 1 N–H and O–H groups in total. The fourth-order valence-corrected chi connectivity index (χ4v) is 3.46. The van der Waals surface area contributed by atoms with Crippen molar-refractivity contribution in [2.45, 2.75) is 18.7 Å². The highest BCUT2D eigenvalue weighted by Gasteiger charge is 2.35. The van der Waals surface area contributed by atoms with Crippen LogP contribution in [-0.2, 0) is 4.79 Å². The molecule has 0 saturated heterocycles. The number of anilines is 1. The molecule has 2 unspecified atom stereocenters. The molecule has 0 bridgehead atoms. The molecule has 0 spiro atoms. The molecule has 1 aromatic heterocycles. The van der Waals surface area contributed by atoms with Crippen LogP contribution in [0, 0.1) is 5.92 Å². The van der Waals surface area contributed by atoms with Gasteiger partial charge < -0.3 is 5.32 Å². The number of carbonyl (C=O) groups excluding carboxylic acids is 1. The summed E-state index contributed by atoms with van der Waals surface area (Å²) in [5, 5.41) is 3.51. The van der Waals surface area contributed by atoms with Crippen LogP contribution >= 0.6 is 23.2 Å². The Bertz CT molecular complexity index is 857. The molecule has 0 radical (unpaired) electrons. The molecule has 2 aromatic rings. The zero-order chi connectivity index (χ0) is 18.0. The predicted molar refractivity (Wildman–Crippen MR) is 104 cm³/mol. The van der Waals surface area contributed by atoms with Gasteiger partial charge in [0.15, 0.2) is 0 Å². The Hall–Kier alpha value is -2.10. The third-order valence-corrected chi connectivity index (χ3v) is 4.80. The standard InChI is InChI=1S/C20H18Cl2N2O/c1-13-6-8-16(20(2,22)12-13)19(25)24-14-7-9-17(21)15(11-14)18-5-3-4-10-23-18/h3-12,16H,1-2H3,(H,24,25). The van der Waals surface area contributed by atoms with Crippen LogP contribution in [0.15, 0.2) is 66.4 Å². The summed E-state index contributed by atoms with van der Waals surface area (Å²) in [6.07, 6.45) is 7.36. The summed E-state index contributed by atoms with van der Waals surface area (Å²) in [6, 6.07) is 11.0. The summed E-state index contributed by atoms with van der Waals surface area (Å²) in [5.41, 5.74) is 3.22. The van der Waals surface area contributed by atoms with E-state index in [0.717, 1.165) is 16.8 Å². The molecule has 1 aromatic carbocycles. The van der Waals surface area contributed by atoms with Crippen LogP contribution in [0.2, 0.25) is 5.02 Å². The van der Waals surface area contributed by atoms with Crippen molar-refractivity contribution >= 4 is 34.8 Å². The number of pyridine rings is 1. The van der Waals surface area contributed by atoms with E-state index in [1.54, 1.807) is 18.3 Å². The van der Waals surface area contributed by atoms with E-state index in [0.29, 0.717) is 10.7 Å². The van der Waals surface area contributed by atoms with Gasteiger partial charge in [-0.3, -0.25) is 9.78 Å². The number of hydrogen-bond donors (Lipinski definition) is 1. The summed E-state index contributed by atoms with van der Waals surface area (Å²) < 4.78 is 0. The lowest BCUT2D eigenvalue weighted by atomic mass is 9.86. The van der Waals surface area contributed by atoms with Crippen LogP contribution in [0.4, 0.5) is 5.69 Å². The number of allylic oxidation sites excluding steroid dienone is 3. The number of rotatable bonds is 3. The number of aromatic nitrogens is 1. The van der Waals surface area contributed by atoms with E-state index >= 15 is 0 Å². The summed E-state index contributed by atoms with van der Waals surface area (Å²) in [5.74, 6) is -0.612. The van der Waals surface area contributed by atoms with Gasteiger partial charge >= 0.3 is 0 Å². The minimum Gasteiger partial charge on any atom is -0.325 e. The highest BCUT2D eigenvalue weighted by molar-refractivity contribution is 6.33. The molecular formula is C20H18Cl2N2O. The van der Waals surface area contributed by atoms with E-state index < -0.39 is 10.8 Å². The van der Waals surface area contributed by atoms with Gasteiger partial charge in [-0.15, -0.1) is 11.6 Å². The Morgan fingerprint density at radius 3 is 2.76 bits per heavy atom. The number of nitrogens with zero attached hydrogens (tertiary/aromatic N) is 1. The van der Waals surface area contributed by atoms with Crippen LogP contribution < -0.4 is 5.32 Å². The molecular weight excluding hydrogens is 355 g/mol. The maximum absolute atomic E-state index is 12.7. The predicted octanol–water partition coefficient (Wildman–Crippen LogP) is 5.47. The largest absolute Gasteiger partial charge is 0.325 e. The lowest BCUT2D eigenvalue weighted by Crippen LogP contribution is -2.37. The zero-order valence-corrected chi connectivity index (χ0v) is 15.5. The molecule has 5 heteroatoms. The first-order valence-corrected chi connectivity index (χ1v) is 8.71. The molecule has 25 heavy (non-hydrogen) atoms. The van der Waals surface area contributed by atoms with Crippen molar-refractivity contribution in [3.63, 3.8) is 0 Å². The Balaban J connectivity index is 1.84. The Kier molecular flexibility index (Phi) is 4.98. The fourth-order valence-electron chi connectivity index (χ4n) is 2.90. The smallest absolute Gasteiger partial charge is 0.233 e. The van der Waals surface area contributed by atoms with Crippen molar-refractivity contribution in [1.29, 1.82) is 0 Å². The minimum absolute atomic E-state index is 0.160. The van der Waals surface area contributed by atoms with E-state index in [9.17, 15) is 4.79 Å². The Morgan fingerprint density at radius 2 is 2.08 bits per heavy atom. The number of nitrogens with one attached hydrogen (secondary N) is 1. The summed E-state index contributed by atoms with van der Waals surface area (Å²) in [7, 11) is 0. The van der Waals surface area contributed by atoms with Gasteiger partial charge in [0.25, 0.3) is 0 Å². The number of benzene rings is 1. The topological polar surface area (TPSA) is 42.0 Å². The Labute approximate surface area is 157 Å². The molecule has 1 heterocycles. The van der Waals surface area contributed by atoms with Gasteiger partial charge in [-0.25, -0.2) is 0 Å². The van der Waals surface area contributed by atoms with Crippen molar-refractivity contribution in [3.8, 4) is 11.3 Å². The fraction of sp³-hybridized carbons (Fsp3) is 0.200. The van der Waals surface area contributed by atoms with E-state index in [4.69, 9.17) is 23.2 Å². The van der Waals surface area contributed by atoms with Crippen LogP contribution in [0.25, 0.3) is 11.3 Å². The van der Waals surface area contributed by atoms with Gasteiger partial charge in [0.2, 0.25) is 5.91 Å². The summed E-state index contributed by atoms with van der Waals surface area (Å²) in [4.78, 5) is 16.3.